The number of aliphatic carboxylic acids is 1. The van der Waals surface area contributed by atoms with Crippen LogP contribution in [-0.2, 0) is 4.79 Å². The molecule has 0 aromatic carbocycles. The van der Waals surface area contributed by atoms with Crippen molar-refractivity contribution in [1.29, 1.82) is 0 Å². The van der Waals surface area contributed by atoms with E-state index in [4.69, 9.17) is 5.11 Å². The van der Waals surface area contributed by atoms with Crippen molar-refractivity contribution in [1.82, 2.24) is 9.88 Å². The molecule has 1 amide bonds. The van der Waals surface area contributed by atoms with Crippen LogP contribution in [0.4, 0.5) is 5.69 Å². The molecule has 2 atom stereocenters. The fourth-order valence-corrected chi connectivity index (χ4v) is 2.32. The molecule has 102 valence electrons. The molecule has 1 aliphatic rings. The van der Waals surface area contributed by atoms with E-state index in [-0.39, 0.29) is 17.3 Å². The average molecular weight is 267 g/mol. The number of amides is 1. The van der Waals surface area contributed by atoms with E-state index in [0.29, 0.717) is 13.0 Å². The highest BCUT2D eigenvalue weighted by molar-refractivity contribution is 5.96. The summed E-state index contributed by atoms with van der Waals surface area (Å²) >= 11 is 0. The summed E-state index contributed by atoms with van der Waals surface area (Å²) in [6.45, 7) is 2.10. The first-order valence-corrected chi connectivity index (χ1v) is 5.78. The number of rotatable bonds is 3. The zero-order valence-corrected chi connectivity index (χ0v) is 10.2. The van der Waals surface area contributed by atoms with Gasteiger partial charge in [-0.05, 0) is 12.3 Å². The first kappa shape index (κ1) is 13.1. The topological polar surface area (TPSA) is 117 Å². The van der Waals surface area contributed by atoms with E-state index in [1.54, 1.807) is 6.92 Å². The molecule has 2 rings (SSSR count). The number of carbonyl (C=O) groups is 2. The number of carboxylic acid groups (broad SMARTS) is 1. The van der Waals surface area contributed by atoms with Crippen LogP contribution in [-0.4, -0.2) is 44.4 Å². The number of nitro groups is 1. The summed E-state index contributed by atoms with van der Waals surface area (Å²) in [6, 6.07) is 0.236. The van der Waals surface area contributed by atoms with Gasteiger partial charge in [-0.2, -0.15) is 0 Å². The van der Waals surface area contributed by atoms with Crippen LogP contribution >= 0.6 is 0 Å². The Labute approximate surface area is 108 Å². The fourth-order valence-electron chi connectivity index (χ4n) is 2.32. The van der Waals surface area contributed by atoms with Gasteiger partial charge in [-0.25, -0.2) is 4.79 Å². The summed E-state index contributed by atoms with van der Waals surface area (Å²) in [6.07, 6.45) is 1.72. The minimum Gasteiger partial charge on any atom is -0.480 e. The minimum atomic E-state index is -1.06. The highest BCUT2D eigenvalue weighted by Crippen LogP contribution is 2.26. The van der Waals surface area contributed by atoms with Crippen molar-refractivity contribution in [3.05, 3.63) is 28.1 Å². The van der Waals surface area contributed by atoms with Crippen LogP contribution in [0.3, 0.4) is 0 Å². The van der Waals surface area contributed by atoms with Crippen LogP contribution in [0.2, 0.25) is 0 Å². The number of nitrogens with zero attached hydrogens (tertiary/aromatic N) is 2. The molecular weight excluding hydrogens is 254 g/mol. The smallest absolute Gasteiger partial charge is 0.326 e. The van der Waals surface area contributed by atoms with Crippen molar-refractivity contribution in [2.75, 3.05) is 6.54 Å². The average Bonchev–Trinajstić information content (AvgIpc) is 2.93. The summed E-state index contributed by atoms with van der Waals surface area (Å²) in [5, 5.41) is 19.7. The van der Waals surface area contributed by atoms with E-state index >= 15 is 0 Å². The standard InChI is InChI=1S/C11H13N3O5/c1-6-2-3-13(9(6)11(16)17)10(15)8-4-7(5-12-8)14(18)19/h4-6,9,12H,2-3H2,1H3,(H,16,17). The quantitative estimate of drug-likeness (QED) is 0.622. The second-order valence-corrected chi connectivity index (χ2v) is 4.58. The Morgan fingerprint density at radius 1 is 1.58 bits per heavy atom. The van der Waals surface area contributed by atoms with Gasteiger partial charge in [0, 0.05) is 12.6 Å². The molecule has 2 N–H and O–H groups in total. The number of aromatic amines is 1. The molecule has 1 aliphatic heterocycles. The second kappa shape index (κ2) is 4.71. The molecule has 0 radical (unpaired) electrons. The van der Waals surface area contributed by atoms with E-state index in [1.165, 1.54) is 4.90 Å². The maximum absolute atomic E-state index is 12.2. The van der Waals surface area contributed by atoms with Gasteiger partial charge >= 0.3 is 5.97 Å². The van der Waals surface area contributed by atoms with Gasteiger partial charge in [0.1, 0.15) is 11.7 Å². The van der Waals surface area contributed by atoms with Crippen LogP contribution in [0.5, 0.6) is 0 Å². The van der Waals surface area contributed by atoms with E-state index in [1.807, 2.05) is 0 Å². The van der Waals surface area contributed by atoms with Gasteiger partial charge < -0.3 is 15.0 Å². The molecule has 0 spiro atoms. The van der Waals surface area contributed by atoms with Crippen LogP contribution < -0.4 is 0 Å². The van der Waals surface area contributed by atoms with Crippen molar-refractivity contribution in [3.63, 3.8) is 0 Å². The SMILES string of the molecule is CC1CCN(C(=O)c2cc([N+](=O)[O-])c[nH]2)C1C(=O)O. The largest absolute Gasteiger partial charge is 0.480 e. The Kier molecular flexibility index (Phi) is 3.24. The Bertz CT molecular complexity index is 538. The Morgan fingerprint density at radius 2 is 2.26 bits per heavy atom. The number of aromatic nitrogens is 1. The molecule has 8 heteroatoms. The van der Waals surface area contributed by atoms with Gasteiger partial charge in [0.2, 0.25) is 0 Å². The van der Waals surface area contributed by atoms with Crippen molar-refractivity contribution in [2.45, 2.75) is 19.4 Å². The zero-order chi connectivity index (χ0) is 14.2. The molecule has 2 unspecified atom stereocenters. The summed E-state index contributed by atoms with van der Waals surface area (Å²) in [5.41, 5.74) is -0.186. The van der Waals surface area contributed by atoms with Gasteiger partial charge in [-0.1, -0.05) is 6.92 Å². The van der Waals surface area contributed by atoms with Gasteiger partial charge in [0.15, 0.2) is 0 Å². The first-order valence-electron chi connectivity index (χ1n) is 5.78. The summed E-state index contributed by atoms with van der Waals surface area (Å²) in [4.78, 5) is 37.0. The number of nitrogens with one attached hydrogen (secondary N) is 1. The summed E-state index contributed by atoms with van der Waals surface area (Å²) < 4.78 is 0. The van der Waals surface area contributed by atoms with Gasteiger partial charge in [-0.3, -0.25) is 14.9 Å². The maximum atomic E-state index is 12.2. The predicted octanol–water partition coefficient (Wildman–Crippen LogP) is 0.858. The van der Waals surface area contributed by atoms with Crippen molar-refractivity contribution >= 4 is 17.6 Å². The monoisotopic (exact) mass is 267 g/mol. The molecule has 1 aromatic rings. The lowest BCUT2D eigenvalue weighted by Crippen LogP contribution is -2.42. The molecule has 1 saturated heterocycles. The molecular formula is C11H13N3O5. The van der Waals surface area contributed by atoms with Crippen LogP contribution in [0.15, 0.2) is 12.3 Å². The molecule has 0 aliphatic carbocycles. The van der Waals surface area contributed by atoms with Crippen molar-refractivity contribution in [3.8, 4) is 0 Å². The number of carboxylic acids is 1. The molecule has 1 aromatic heterocycles. The summed E-state index contributed by atoms with van der Waals surface area (Å²) in [5.74, 6) is -1.71. The fraction of sp³-hybridized carbons (Fsp3) is 0.455. The Morgan fingerprint density at radius 3 is 2.79 bits per heavy atom. The van der Waals surface area contributed by atoms with Gasteiger partial charge in [0.05, 0.1) is 11.1 Å². The normalized spacial score (nSPS) is 22.5. The van der Waals surface area contributed by atoms with E-state index in [0.717, 1.165) is 12.3 Å². The van der Waals surface area contributed by atoms with Gasteiger partial charge in [-0.15, -0.1) is 0 Å². The van der Waals surface area contributed by atoms with E-state index in [9.17, 15) is 19.7 Å². The van der Waals surface area contributed by atoms with E-state index in [2.05, 4.69) is 4.98 Å². The number of H-pyrrole nitrogens is 1. The third-order valence-corrected chi connectivity index (χ3v) is 3.32. The number of likely N-dealkylation sites (tertiary alicyclic amines) is 1. The lowest BCUT2D eigenvalue weighted by molar-refractivity contribution is -0.384. The predicted molar refractivity (Wildman–Crippen MR) is 63.7 cm³/mol. The maximum Gasteiger partial charge on any atom is 0.326 e. The number of carbonyl (C=O) groups excluding carboxylic acids is 1. The Balaban J connectivity index is 2.23. The lowest BCUT2D eigenvalue weighted by Gasteiger charge is -2.22. The van der Waals surface area contributed by atoms with E-state index < -0.39 is 22.8 Å². The van der Waals surface area contributed by atoms with Crippen LogP contribution in [0.1, 0.15) is 23.8 Å². The van der Waals surface area contributed by atoms with Crippen molar-refractivity contribution < 1.29 is 19.6 Å². The molecule has 2 heterocycles. The molecule has 8 nitrogen and oxygen atoms in total. The van der Waals surface area contributed by atoms with Crippen LogP contribution in [0.25, 0.3) is 0 Å². The second-order valence-electron chi connectivity index (χ2n) is 4.58. The third-order valence-electron chi connectivity index (χ3n) is 3.32. The highest BCUT2D eigenvalue weighted by Gasteiger charge is 2.40. The number of hydrogen-bond donors (Lipinski definition) is 2. The molecule has 0 saturated carbocycles. The Hall–Kier alpha value is -2.38. The zero-order valence-electron chi connectivity index (χ0n) is 10.2. The minimum absolute atomic E-state index is 0.0343. The summed E-state index contributed by atoms with van der Waals surface area (Å²) in [7, 11) is 0. The first-order chi connectivity index (χ1) is 8.91. The highest BCUT2D eigenvalue weighted by atomic mass is 16.6. The molecule has 1 fully saturated rings. The molecule has 19 heavy (non-hydrogen) atoms. The van der Waals surface area contributed by atoms with Gasteiger partial charge in [0.25, 0.3) is 11.6 Å². The molecule has 0 bridgehead atoms. The lowest BCUT2D eigenvalue weighted by atomic mass is 10.0. The number of hydrogen-bond acceptors (Lipinski definition) is 4. The third kappa shape index (κ3) is 2.28. The van der Waals surface area contributed by atoms with Crippen molar-refractivity contribution in [2.24, 2.45) is 5.92 Å². The van der Waals surface area contributed by atoms with Crippen LogP contribution in [0, 0.1) is 16.0 Å².